The van der Waals surface area contributed by atoms with E-state index in [0.29, 0.717) is 41.6 Å². The van der Waals surface area contributed by atoms with Gasteiger partial charge in [0.05, 0.1) is 42.7 Å². The van der Waals surface area contributed by atoms with E-state index < -0.39 is 11.5 Å². The van der Waals surface area contributed by atoms with Crippen molar-refractivity contribution in [3.05, 3.63) is 94.5 Å². The van der Waals surface area contributed by atoms with Crippen LogP contribution in [0.2, 0.25) is 0 Å². The molecule has 9 heteroatoms. The maximum atomic E-state index is 13.4. The molecule has 3 N–H and O–H groups in total. The lowest BCUT2D eigenvalue weighted by molar-refractivity contribution is -0.158. The number of esters is 1. The Kier molecular flexibility index (Phi) is 12.3. The fourth-order valence-corrected chi connectivity index (χ4v) is 4.15. The van der Waals surface area contributed by atoms with E-state index in [-0.39, 0.29) is 29.5 Å². The Morgan fingerprint density at radius 1 is 0.932 bits per heavy atom. The minimum atomic E-state index is -0.523. The van der Waals surface area contributed by atoms with Crippen molar-refractivity contribution in [1.82, 2.24) is 0 Å². The highest BCUT2D eigenvalue weighted by Crippen LogP contribution is 2.24. The molecule has 0 aliphatic rings. The molecule has 3 aromatic rings. The molecule has 3 rings (SSSR count). The second kappa shape index (κ2) is 15.7. The van der Waals surface area contributed by atoms with Crippen LogP contribution in [-0.4, -0.2) is 43.0 Å². The number of ether oxygens (including phenoxy) is 3. The minimum absolute atomic E-state index is 0.186. The van der Waals surface area contributed by atoms with Gasteiger partial charge in [0.2, 0.25) is 0 Å². The number of nitrogens with two attached hydrogens (primary N) is 1. The van der Waals surface area contributed by atoms with Crippen molar-refractivity contribution in [2.45, 2.75) is 59.7 Å². The lowest BCUT2D eigenvalue weighted by atomic mass is 9.96. The lowest BCUT2D eigenvalue weighted by Crippen LogP contribution is -2.31. The van der Waals surface area contributed by atoms with Crippen molar-refractivity contribution in [2.24, 2.45) is 16.1 Å². The van der Waals surface area contributed by atoms with Crippen molar-refractivity contribution in [1.29, 1.82) is 0 Å². The Labute approximate surface area is 268 Å². The molecule has 0 heterocycles. The van der Waals surface area contributed by atoms with E-state index in [9.17, 15) is 9.59 Å². The number of hydrogen-bond acceptors (Lipinski definition) is 7. The predicted molar refractivity (Wildman–Crippen MR) is 180 cm³/mol. The van der Waals surface area contributed by atoms with Gasteiger partial charge in [0.1, 0.15) is 11.4 Å². The third-order valence-electron chi connectivity index (χ3n) is 6.16. The molecule has 1 atom stereocenters. The summed E-state index contributed by atoms with van der Waals surface area (Å²) in [7, 11) is 0. The van der Waals surface area contributed by atoms with Crippen LogP contribution in [0.3, 0.4) is 0 Å². The molecule has 1 amide bonds. The number of benzene rings is 3. The number of carbonyl (C=O) groups is 2. The van der Waals surface area contributed by atoms with Gasteiger partial charge in [0.15, 0.2) is 0 Å². The molecule has 1 unspecified atom stereocenters. The monoisotopic (exact) mass is 663 g/mol. The number of hydrogen-bond donors (Lipinski definition) is 2. The maximum Gasteiger partial charge on any atom is 0.308 e. The van der Waals surface area contributed by atoms with Crippen LogP contribution in [0.15, 0.2) is 93.9 Å². The summed E-state index contributed by atoms with van der Waals surface area (Å²) in [6, 6.07) is 23.8. The summed E-state index contributed by atoms with van der Waals surface area (Å²) in [5.74, 6) is -0.0282. The molecule has 0 saturated heterocycles. The van der Waals surface area contributed by atoms with Gasteiger partial charge in [-0.3, -0.25) is 14.6 Å². The van der Waals surface area contributed by atoms with E-state index in [1.54, 1.807) is 24.3 Å². The van der Waals surface area contributed by atoms with Crippen molar-refractivity contribution in [2.75, 3.05) is 18.5 Å². The Balaban J connectivity index is 1.61. The van der Waals surface area contributed by atoms with E-state index in [2.05, 4.69) is 26.2 Å². The molecule has 0 bridgehead atoms. The molecule has 0 fully saturated rings. The number of anilines is 1. The zero-order chi connectivity index (χ0) is 32.3. The largest absolute Gasteiger partial charge is 0.493 e. The number of carbonyl (C=O) groups excluding carboxylic acids is 2. The van der Waals surface area contributed by atoms with Gasteiger partial charge in [-0.2, -0.15) is 0 Å². The average Bonchev–Trinajstić information content (AvgIpc) is 2.96. The Hall–Kier alpha value is -3.95. The summed E-state index contributed by atoms with van der Waals surface area (Å²) >= 11 is 3.43. The van der Waals surface area contributed by atoms with Crippen LogP contribution in [0, 0.1) is 5.41 Å². The Morgan fingerprint density at radius 2 is 1.57 bits per heavy atom. The lowest BCUT2D eigenvalue weighted by Gasteiger charge is -2.27. The topological polar surface area (TPSA) is 112 Å². The molecule has 0 aliphatic heterocycles. The Morgan fingerprint density at radius 3 is 2.18 bits per heavy atom. The molecule has 44 heavy (non-hydrogen) atoms. The zero-order valence-corrected chi connectivity index (χ0v) is 27.8. The van der Waals surface area contributed by atoms with Crippen LogP contribution in [0.1, 0.15) is 53.5 Å². The summed E-state index contributed by atoms with van der Waals surface area (Å²) in [5, 5.41) is 2.91. The van der Waals surface area contributed by atoms with E-state index in [1.165, 1.54) is 6.21 Å². The quantitative estimate of drug-likeness (QED) is 0.110. The summed E-state index contributed by atoms with van der Waals surface area (Å²) in [5.41, 5.74) is 8.15. The van der Waals surface area contributed by atoms with Crippen LogP contribution in [0.25, 0.3) is 5.70 Å². The van der Waals surface area contributed by atoms with E-state index in [1.807, 2.05) is 96.1 Å². The van der Waals surface area contributed by atoms with Gasteiger partial charge in [-0.15, -0.1) is 0 Å². The standard InChI is InChI=1S/C35H42BrN3O5/c1-24(20-31(40)44-34(2,3)4)42-22-35(5,6)23-43-29-18-16-28(17-19-29)39-33(41)30(21-38-27-10-8-7-9-11-27)32(37)25-12-14-26(36)15-13-25/h7-19,21,24H,20,22-23,37H2,1-6H3,(H,39,41)/b32-30+,38-21?. The van der Waals surface area contributed by atoms with Crippen LogP contribution < -0.4 is 15.8 Å². The maximum absolute atomic E-state index is 13.4. The van der Waals surface area contributed by atoms with Crippen LogP contribution in [-0.2, 0) is 19.1 Å². The molecular formula is C35H42BrN3O5. The predicted octanol–water partition coefficient (Wildman–Crippen LogP) is 7.70. The van der Waals surface area contributed by atoms with Gasteiger partial charge >= 0.3 is 5.97 Å². The van der Waals surface area contributed by atoms with Gasteiger partial charge in [0, 0.05) is 21.8 Å². The van der Waals surface area contributed by atoms with E-state index in [0.717, 1.165) is 4.47 Å². The highest BCUT2D eigenvalue weighted by molar-refractivity contribution is 9.10. The summed E-state index contributed by atoms with van der Waals surface area (Å²) in [6.07, 6.45) is 1.39. The highest BCUT2D eigenvalue weighted by Gasteiger charge is 2.23. The van der Waals surface area contributed by atoms with Crippen LogP contribution in [0.4, 0.5) is 11.4 Å². The third kappa shape index (κ3) is 12.0. The molecule has 0 radical (unpaired) electrons. The fourth-order valence-electron chi connectivity index (χ4n) is 3.89. The molecule has 3 aromatic carbocycles. The number of para-hydroxylation sites is 1. The number of nitrogens with zero attached hydrogens (tertiary/aromatic N) is 1. The first-order chi connectivity index (χ1) is 20.7. The molecule has 8 nitrogen and oxygen atoms in total. The SMILES string of the molecule is CC(CC(=O)OC(C)(C)C)OCC(C)(C)COc1ccc(NC(=O)/C(C=Nc2ccccc2)=C(/N)c2ccc(Br)cc2)cc1. The van der Waals surface area contributed by atoms with Gasteiger partial charge in [0.25, 0.3) is 5.91 Å². The number of halogens is 1. The van der Waals surface area contributed by atoms with E-state index >= 15 is 0 Å². The summed E-state index contributed by atoms with van der Waals surface area (Å²) < 4.78 is 18.2. The molecule has 0 saturated carbocycles. The normalized spacial score (nSPS) is 13.2. The number of aliphatic imine (C=N–C) groups is 1. The first kappa shape index (κ1) is 34.5. The Bertz CT molecular complexity index is 1440. The minimum Gasteiger partial charge on any atom is -0.493 e. The average molecular weight is 665 g/mol. The zero-order valence-electron chi connectivity index (χ0n) is 26.2. The highest BCUT2D eigenvalue weighted by atomic mass is 79.9. The molecule has 0 aliphatic carbocycles. The van der Waals surface area contributed by atoms with Gasteiger partial charge < -0.3 is 25.3 Å². The first-order valence-electron chi connectivity index (χ1n) is 14.4. The smallest absolute Gasteiger partial charge is 0.308 e. The number of rotatable bonds is 13. The van der Waals surface area contributed by atoms with Crippen molar-refractivity contribution in [3.8, 4) is 5.75 Å². The van der Waals surface area contributed by atoms with Crippen molar-refractivity contribution >= 4 is 51.1 Å². The molecule has 234 valence electrons. The van der Waals surface area contributed by atoms with Gasteiger partial charge in [-0.1, -0.05) is 60.1 Å². The fraction of sp³-hybridized carbons (Fsp3) is 0.343. The van der Waals surface area contributed by atoms with Crippen molar-refractivity contribution < 1.29 is 23.8 Å². The molecule has 0 aromatic heterocycles. The summed E-state index contributed by atoms with van der Waals surface area (Å²) in [4.78, 5) is 29.9. The first-order valence-corrected chi connectivity index (χ1v) is 15.2. The summed E-state index contributed by atoms with van der Waals surface area (Å²) in [6.45, 7) is 12.2. The van der Waals surface area contributed by atoms with Crippen molar-refractivity contribution in [3.63, 3.8) is 0 Å². The third-order valence-corrected chi connectivity index (χ3v) is 6.69. The number of amides is 1. The second-order valence-electron chi connectivity index (χ2n) is 12.3. The van der Waals surface area contributed by atoms with Gasteiger partial charge in [-0.05, 0) is 81.8 Å². The van der Waals surface area contributed by atoms with Gasteiger partial charge in [-0.25, -0.2) is 0 Å². The molecule has 0 spiro atoms. The van der Waals surface area contributed by atoms with Crippen LogP contribution in [0.5, 0.6) is 5.75 Å². The second-order valence-corrected chi connectivity index (χ2v) is 13.2. The molecular weight excluding hydrogens is 622 g/mol. The number of nitrogens with one attached hydrogen (secondary N) is 1. The van der Waals surface area contributed by atoms with Crippen LogP contribution >= 0.6 is 15.9 Å². The van der Waals surface area contributed by atoms with E-state index in [4.69, 9.17) is 19.9 Å².